The van der Waals surface area contributed by atoms with Crippen molar-refractivity contribution in [2.75, 3.05) is 39.8 Å². The lowest BCUT2D eigenvalue weighted by atomic mass is 10.2. The van der Waals surface area contributed by atoms with E-state index in [1.54, 1.807) is 18.2 Å². The highest BCUT2D eigenvalue weighted by molar-refractivity contribution is 5.77. The summed E-state index contributed by atoms with van der Waals surface area (Å²) in [5.41, 5.74) is 0.782. The van der Waals surface area contributed by atoms with Crippen molar-refractivity contribution in [2.24, 2.45) is 0 Å². The highest BCUT2D eigenvalue weighted by atomic mass is 16.5. The Morgan fingerprint density at radius 3 is 2.74 bits per heavy atom. The van der Waals surface area contributed by atoms with E-state index in [1.165, 1.54) is 0 Å². The molecular weight excluding hydrogens is 244 g/mol. The number of hydrogen-bond donors (Lipinski definition) is 1. The van der Waals surface area contributed by atoms with E-state index in [1.807, 2.05) is 11.0 Å². The highest BCUT2D eigenvalue weighted by Gasteiger charge is 2.19. The Kier molecular flexibility index (Phi) is 4.76. The van der Waals surface area contributed by atoms with Gasteiger partial charge in [0.1, 0.15) is 5.75 Å². The Balaban J connectivity index is 1.82. The first kappa shape index (κ1) is 13.8. The Bertz CT molecular complexity index is 428. The minimum Gasteiger partial charge on any atom is -0.484 e. The molecule has 5 heteroatoms. The molecule has 2 rings (SSSR count). The fraction of sp³-hybridized carbons (Fsp3) is 0.500. The average Bonchev–Trinajstić information content (AvgIpc) is 2.46. The number of amides is 1. The highest BCUT2D eigenvalue weighted by Crippen LogP contribution is 2.13. The molecular formula is C14H20N2O3. The molecule has 0 saturated carbocycles. The van der Waals surface area contributed by atoms with Crippen LogP contribution in [0.15, 0.2) is 24.3 Å². The molecule has 19 heavy (non-hydrogen) atoms. The van der Waals surface area contributed by atoms with Crippen molar-refractivity contribution in [1.29, 1.82) is 0 Å². The zero-order valence-corrected chi connectivity index (χ0v) is 11.2. The monoisotopic (exact) mass is 264 g/mol. The van der Waals surface area contributed by atoms with Crippen LogP contribution in [-0.4, -0.2) is 60.6 Å². The summed E-state index contributed by atoms with van der Waals surface area (Å²) in [7, 11) is 2.05. The van der Waals surface area contributed by atoms with Gasteiger partial charge in [0, 0.05) is 26.2 Å². The quantitative estimate of drug-likeness (QED) is 0.851. The predicted molar refractivity (Wildman–Crippen MR) is 71.9 cm³/mol. The van der Waals surface area contributed by atoms with Gasteiger partial charge in [-0.05, 0) is 24.7 Å². The second kappa shape index (κ2) is 6.54. The number of piperazine rings is 1. The summed E-state index contributed by atoms with van der Waals surface area (Å²) >= 11 is 0. The van der Waals surface area contributed by atoms with E-state index in [4.69, 9.17) is 9.84 Å². The zero-order chi connectivity index (χ0) is 13.7. The van der Waals surface area contributed by atoms with Crippen molar-refractivity contribution >= 4 is 5.91 Å². The van der Waals surface area contributed by atoms with Crippen molar-refractivity contribution in [1.82, 2.24) is 9.80 Å². The lowest BCUT2D eigenvalue weighted by Gasteiger charge is -2.32. The first-order valence-electron chi connectivity index (χ1n) is 6.48. The van der Waals surface area contributed by atoms with E-state index in [-0.39, 0.29) is 19.1 Å². The molecule has 1 saturated heterocycles. The molecule has 0 bridgehead atoms. The SMILES string of the molecule is CN1CCN(C(=O)COc2cccc(CO)c2)CC1. The smallest absolute Gasteiger partial charge is 0.260 e. The van der Waals surface area contributed by atoms with Crippen LogP contribution in [0.2, 0.25) is 0 Å². The molecule has 5 nitrogen and oxygen atoms in total. The number of aliphatic hydroxyl groups excluding tert-OH is 1. The number of benzene rings is 1. The number of rotatable bonds is 4. The van der Waals surface area contributed by atoms with Gasteiger partial charge < -0.3 is 19.6 Å². The van der Waals surface area contributed by atoms with Crippen molar-refractivity contribution < 1.29 is 14.6 Å². The second-order valence-electron chi connectivity index (χ2n) is 4.78. The summed E-state index contributed by atoms with van der Waals surface area (Å²) in [5, 5.41) is 9.03. The summed E-state index contributed by atoms with van der Waals surface area (Å²) in [6.07, 6.45) is 0. The van der Waals surface area contributed by atoms with E-state index in [0.717, 1.165) is 31.7 Å². The maximum atomic E-state index is 12.0. The van der Waals surface area contributed by atoms with Gasteiger partial charge in [-0.1, -0.05) is 12.1 Å². The first-order valence-corrected chi connectivity index (χ1v) is 6.48. The largest absolute Gasteiger partial charge is 0.484 e. The Morgan fingerprint density at radius 1 is 1.32 bits per heavy atom. The lowest BCUT2D eigenvalue weighted by molar-refractivity contribution is -0.134. The van der Waals surface area contributed by atoms with Gasteiger partial charge in [0.15, 0.2) is 6.61 Å². The van der Waals surface area contributed by atoms with E-state index < -0.39 is 0 Å². The molecule has 1 amide bonds. The van der Waals surface area contributed by atoms with Crippen LogP contribution in [0.3, 0.4) is 0 Å². The summed E-state index contributed by atoms with van der Waals surface area (Å²) in [4.78, 5) is 16.0. The maximum Gasteiger partial charge on any atom is 0.260 e. The lowest BCUT2D eigenvalue weighted by Crippen LogP contribution is -2.48. The van der Waals surface area contributed by atoms with E-state index in [0.29, 0.717) is 5.75 Å². The van der Waals surface area contributed by atoms with Crippen LogP contribution < -0.4 is 4.74 Å². The van der Waals surface area contributed by atoms with Crippen LogP contribution in [0.1, 0.15) is 5.56 Å². The van der Waals surface area contributed by atoms with Gasteiger partial charge in [-0.15, -0.1) is 0 Å². The fourth-order valence-corrected chi connectivity index (χ4v) is 2.03. The molecule has 0 atom stereocenters. The number of carbonyl (C=O) groups excluding carboxylic acids is 1. The number of hydrogen-bond acceptors (Lipinski definition) is 4. The van der Waals surface area contributed by atoms with Gasteiger partial charge in [0.25, 0.3) is 5.91 Å². The van der Waals surface area contributed by atoms with Gasteiger partial charge in [-0.25, -0.2) is 0 Å². The first-order chi connectivity index (χ1) is 9.19. The van der Waals surface area contributed by atoms with Crippen LogP contribution in [-0.2, 0) is 11.4 Å². The Hall–Kier alpha value is -1.59. The molecule has 0 aromatic heterocycles. The van der Waals surface area contributed by atoms with E-state index in [9.17, 15) is 4.79 Å². The average molecular weight is 264 g/mol. The number of likely N-dealkylation sites (N-methyl/N-ethyl adjacent to an activating group) is 1. The van der Waals surface area contributed by atoms with Crippen molar-refractivity contribution in [2.45, 2.75) is 6.61 Å². The van der Waals surface area contributed by atoms with Gasteiger partial charge in [0.2, 0.25) is 0 Å². The van der Waals surface area contributed by atoms with Crippen LogP contribution in [0.4, 0.5) is 0 Å². The van der Waals surface area contributed by atoms with Crippen LogP contribution in [0, 0.1) is 0 Å². The van der Waals surface area contributed by atoms with Crippen LogP contribution in [0.5, 0.6) is 5.75 Å². The second-order valence-corrected chi connectivity index (χ2v) is 4.78. The van der Waals surface area contributed by atoms with Gasteiger partial charge in [-0.2, -0.15) is 0 Å². The number of nitrogens with zero attached hydrogens (tertiary/aromatic N) is 2. The topological polar surface area (TPSA) is 53.0 Å². The standard InChI is InChI=1S/C14H20N2O3/c1-15-5-7-16(8-6-15)14(18)11-19-13-4-2-3-12(9-13)10-17/h2-4,9,17H,5-8,10-11H2,1H3. The molecule has 0 unspecified atom stereocenters. The fourth-order valence-electron chi connectivity index (χ4n) is 2.03. The molecule has 1 fully saturated rings. The number of carbonyl (C=O) groups is 1. The molecule has 1 heterocycles. The molecule has 0 aliphatic carbocycles. The third-order valence-electron chi connectivity index (χ3n) is 3.30. The van der Waals surface area contributed by atoms with Crippen molar-refractivity contribution in [3.63, 3.8) is 0 Å². The maximum absolute atomic E-state index is 12.0. The van der Waals surface area contributed by atoms with E-state index in [2.05, 4.69) is 11.9 Å². The van der Waals surface area contributed by atoms with Crippen molar-refractivity contribution in [3.05, 3.63) is 29.8 Å². The molecule has 1 N–H and O–H groups in total. The Labute approximate surface area is 113 Å². The van der Waals surface area contributed by atoms with Gasteiger partial charge >= 0.3 is 0 Å². The third-order valence-corrected chi connectivity index (χ3v) is 3.30. The van der Waals surface area contributed by atoms with Gasteiger partial charge in [0.05, 0.1) is 6.61 Å². The summed E-state index contributed by atoms with van der Waals surface area (Å²) in [6.45, 7) is 3.37. The number of aliphatic hydroxyl groups is 1. The molecule has 0 spiro atoms. The minimum absolute atomic E-state index is 0.0162. The zero-order valence-electron chi connectivity index (χ0n) is 11.2. The number of ether oxygens (including phenoxy) is 1. The normalized spacial score (nSPS) is 16.4. The molecule has 0 radical (unpaired) electrons. The summed E-state index contributed by atoms with van der Waals surface area (Å²) in [5.74, 6) is 0.636. The molecule has 104 valence electrons. The molecule has 1 aromatic rings. The van der Waals surface area contributed by atoms with E-state index >= 15 is 0 Å². The Morgan fingerprint density at radius 2 is 2.05 bits per heavy atom. The summed E-state index contributed by atoms with van der Waals surface area (Å²) < 4.78 is 5.47. The molecule has 1 aliphatic rings. The van der Waals surface area contributed by atoms with Gasteiger partial charge in [-0.3, -0.25) is 4.79 Å². The third kappa shape index (κ3) is 3.94. The predicted octanol–water partition coefficient (Wildman–Crippen LogP) is 0.332. The summed E-state index contributed by atoms with van der Waals surface area (Å²) in [6, 6.07) is 7.16. The van der Waals surface area contributed by atoms with Crippen LogP contribution >= 0.6 is 0 Å². The van der Waals surface area contributed by atoms with Crippen molar-refractivity contribution in [3.8, 4) is 5.75 Å². The minimum atomic E-state index is -0.0242. The molecule has 1 aromatic carbocycles. The molecule has 1 aliphatic heterocycles. The van der Waals surface area contributed by atoms with Crippen LogP contribution in [0.25, 0.3) is 0 Å².